The number of nitrogens with zero attached hydrogens (tertiary/aromatic N) is 4. The van der Waals surface area contributed by atoms with Crippen molar-refractivity contribution in [2.45, 2.75) is 46.3 Å². The van der Waals surface area contributed by atoms with Crippen molar-refractivity contribution in [3.8, 4) is 5.75 Å². The number of sulfonamides is 1. The Bertz CT molecular complexity index is 955. The van der Waals surface area contributed by atoms with Crippen LogP contribution in [0, 0.1) is 12.8 Å². The highest BCUT2D eigenvalue weighted by Gasteiger charge is 2.28. The van der Waals surface area contributed by atoms with E-state index in [-0.39, 0.29) is 12.0 Å². The smallest absolute Gasteiger partial charge is 0.209 e. The molecule has 2 heterocycles. The largest absolute Gasteiger partial charge is 0.496 e. The van der Waals surface area contributed by atoms with Gasteiger partial charge in [-0.05, 0) is 30.0 Å². The molecule has 1 aromatic heterocycles. The molecule has 0 amide bonds. The molecule has 2 aromatic rings. The molecule has 9 heteroatoms. The van der Waals surface area contributed by atoms with E-state index >= 15 is 0 Å². The third-order valence-electron chi connectivity index (χ3n) is 5.30. The molecule has 0 radical (unpaired) electrons. The van der Waals surface area contributed by atoms with Crippen molar-refractivity contribution < 1.29 is 13.2 Å². The average molecular weight is 422 g/mol. The van der Waals surface area contributed by atoms with Crippen LogP contribution in [0.5, 0.6) is 5.75 Å². The fourth-order valence-corrected chi connectivity index (χ4v) is 4.63. The van der Waals surface area contributed by atoms with Crippen LogP contribution in [-0.2, 0) is 29.5 Å². The molecule has 1 aliphatic rings. The summed E-state index contributed by atoms with van der Waals surface area (Å²) in [6.07, 6.45) is 1.96. The van der Waals surface area contributed by atoms with Gasteiger partial charge in [0, 0.05) is 32.6 Å². The quantitative estimate of drug-likeness (QED) is 0.734. The number of benzene rings is 1. The zero-order valence-corrected chi connectivity index (χ0v) is 18.7. The van der Waals surface area contributed by atoms with Crippen molar-refractivity contribution in [1.82, 2.24) is 24.4 Å². The van der Waals surface area contributed by atoms with Crippen LogP contribution < -0.4 is 9.46 Å². The van der Waals surface area contributed by atoms with Gasteiger partial charge in [0.2, 0.25) is 10.0 Å². The number of nitrogens with one attached hydrogen (secondary N) is 1. The highest BCUT2D eigenvalue weighted by atomic mass is 32.2. The predicted octanol–water partition coefficient (Wildman–Crippen LogP) is 1.90. The van der Waals surface area contributed by atoms with E-state index in [1.807, 2.05) is 19.9 Å². The number of aryl methyl sites for hydroxylation is 1. The molecule has 0 saturated heterocycles. The molecule has 0 aliphatic carbocycles. The molecule has 1 N–H and O–H groups in total. The lowest BCUT2D eigenvalue weighted by Gasteiger charge is -2.23. The van der Waals surface area contributed by atoms with Crippen molar-refractivity contribution in [3.63, 3.8) is 0 Å². The van der Waals surface area contributed by atoms with E-state index < -0.39 is 10.0 Å². The minimum Gasteiger partial charge on any atom is -0.496 e. The Morgan fingerprint density at radius 2 is 1.97 bits per heavy atom. The summed E-state index contributed by atoms with van der Waals surface area (Å²) in [7, 11) is -1.66. The molecule has 0 saturated carbocycles. The fourth-order valence-electron chi connectivity index (χ4n) is 3.79. The normalized spacial score (nSPS) is 16.5. The van der Waals surface area contributed by atoms with E-state index in [4.69, 9.17) is 4.74 Å². The second kappa shape index (κ2) is 8.81. The van der Waals surface area contributed by atoms with E-state index in [1.165, 1.54) is 11.8 Å². The van der Waals surface area contributed by atoms with Crippen LogP contribution in [0.25, 0.3) is 0 Å². The monoisotopic (exact) mass is 421 g/mol. The average Bonchev–Trinajstić information content (AvgIpc) is 2.93. The lowest BCUT2D eigenvalue weighted by molar-refractivity contribution is 0.268. The van der Waals surface area contributed by atoms with E-state index in [0.29, 0.717) is 5.82 Å². The SMILES string of the molecule is COc1ccc(CN2CCc3nnc(C(NS(C)(=O)=O)C(C)C)n3CC2)cc1C. The molecule has 0 fully saturated rings. The second-order valence-corrected chi connectivity index (χ2v) is 9.85. The van der Waals surface area contributed by atoms with Crippen LogP contribution in [0.3, 0.4) is 0 Å². The van der Waals surface area contributed by atoms with Gasteiger partial charge in [0.05, 0.1) is 19.4 Å². The first-order chi connectivity index (χ1) is 13.7. The summed E-state index contributed by atoms with van der Waals surface area (Å²) in [5.74, 6) is 2.58. The zero-order valence-electron chi connectivity index (χ0n) is 17.8. The van der Waals surface area contributed by atoms with Crippen molar-refractivity contribution in [2.24, 2.45) is 5.92 Å². The summed E-state index contributed by atoms with van der Waals surface area (Å²) >= 11 is 0. The molecule has 160 valence electrons. The van der Waals surface area contributed by atoms with Gasteiger partial charge < -0.3 is 9.30 Å². The summed E-state index contributed by atoms with van der Waals surface area (Å²) in [5, 5.41) is 8.70. The summed E-state index contributed by atoms with van der Waals surface area (Å²) < 4.78 is 33.8. The predicted molar refractivity (Wildman–Crippen MR) is 112 cm³/mol. The lowest BCUT2D eigenvalue weighted by atomic mass is 10.1. The molecule has 1 aromatic carbocycles. The van der Waals surface area contributed by atoms with Crippen LogP contribution in [0.4, 0.5) is 0 Å². The zero-order chi connectivity index (χ0) is 21.2. The summed E-state index contributed by atoms with van der Waals surface area (Å²) in [6, 6.07) is 5.90. The first kappa shape index (κ1) is 21.7. The van der Waals surface area contributed by atoms with Gasteiger partial charge in [-0.1, -0.05) is 26.0 Å². The van der Waals surface area contributed by atoms with Crippen molar-refractivity contribution >= 4 is 10.0 Å². The van der Waals surface area contributed by atoms with Crippen molar-refractivity contribution in [1.29, 1.82) is 0 Å². The van der Waals surface area contributed by atoms with Gasteiger partial charge in [0.1, 0.15) is 11.6 Å². The van der Waals surface area contributed by atoms with E-state index in [0.717, 1.165) is 49.7 Å². The van der Waals surface area contributed by atoms with Gasteiger partial charge in [0.15, 0.2) is 5.82 Å². The minimum atomic E-state index is -3.34. The van der Waals surface area contributed by atoms with Gasteiger partial charge in [-0.3, -0.25) is 4.90 Å². The molecule has 8 nitrogen and oxygen atoms in total. The number of rotatable bonds is 7. The Morgan fingerprint density at radius 3 is 2.59 bits per heavy atom. The minimum absolute atomic E-state index is 0.0691. The topological polar surface area (TPSA) is 89.3 Å². The van der Waals surface area contributed by atoms with Crippen LogP contribution in [0.2, 0.25) is 0 Å². The maximum Gasteiger partial charge on any atom is 0.209 e. The lowest BCUT2D eigenvalue weighted by Crippen LogP contribution is -2.33. The maximum absolute atomic E-state index is 11.8. The third-order valence-corrected chi connectivity index (χ3v) is 5.98. The van der Waals surface area contributed by atoms with Crippen molar-refractivity contribution in [2.75, 3.05) is 26.5 Å². The number of methoxy groups -OCH3 is 1. The van der Waals surface area contributed by atoms with Crippen LogP contribution in [0.1, 0.15) is 42.7 Å². The number of hydrogen-bond acceptors (Lipinski definition) is 6. The first-order valence-electron chi connectivity index (χ1n) is 9.93. The number of fused-ring (bicyclic) bond motifs is 1. The molecular weight excluding hydrogens is 390 g/mol. The summed E-state index contributed by atoms with van der Waals surface area (Å²) in [5.41, 5.74) is 2.38. The van der Waals surface area contributed by atoms with E-state index in [1.54, 1.807) is 7.11 Å². The van der Waals surface area contributed by atoms with Gasteiger partial charge in [0.25, 0.3) is 0 Å². The van der Waals surface area contributed by atoms with E-state index in [9.17, 15) is 8.42 Å². The Kier molecular flexibility index (Phi) is 6.60. The summed E-state index contributed by atoms with van der Waals surface area (Å²) in [4.78, 5) is 2.40. The summed E-state index contributed by atoms with van der Waals surface area (Å²) in [6.45, 7) is 9.36. The molecule has 3 rings (SSSR count). The maximum atomic E-state index is 11.8. The Balaban J connectivity index is 1.74. The van der Waals surface area contributed by atoms with Crippen LogP contribution in [0.15, 0.2) is 18.2 Å². The van der Waals surface area contributed by atoms with Crippen LogP contribution >= 0.6 is 0 Å². The molecule has 1 unspecified atom stereocenters. The highest BCUT2D eigenvalue weighted by Crippen LogP contribution is 2.24. The molecular formula is C20H31N5O3S. The Labute approximate surface area is 173 Å². The first-order valence-corrected chi connectivity index (χ1v) is 11.8. The Morgan fingerprint density at radius 1 is 1.21 bits per heavy atom. The Hall–Kier alpha value is -1.97. The second-order valence-electron chi connectivity index (χ2n) is 8.07. The van der Waals surface area contributed by atoms with Gasteiger partial charge in [-0.2, -0.15) is 0 Å². The van der Waals surface area contributed by atoms with Crippen LogP contribution in [-0.4, -0.2) is 54.5 Å². The third kappa shape index (κ3) is 5.34. The van der Waals surface area contributed by atoms with Gasteiger partial charge in [-0.25, -0.2) is 13.1 Å². The van der Waals surface area contributed by atoms with Gasteiger partial charge in [-0.15, -0.1) is 10.2 Å². The number of hydrogen-bond donors (Lipinski definition) is 1. The molecule has 1 atom stereocenters. The standard InChI is InChI=1S/C20H31N5O3S/c1-14(2)19(23-29(5,26)27)20-22-21-18-8-9-24(10-11-25(18)20)13-16-6-7-17(28-4)15(3)12-16/h6-7,12,14,19,23H,8-11,13H2,1-5H3. The van der Waals surface area contributed by atoms with Crippen molar-refractivity contribution in [3.05, 3.63) is 41.0 Å². The molecule has 29 heavy (non-hydrogen) atoms. The molecule has 1 aliphatic heterocycles. The fraction of sp³-hybridized carbons (Fsp3) is 0.600. The number of ether oxygens (including phenoxy) is 1. The highest BCUT2D eigenvalue weighted by molar-refractivity contribution is 7.88. The number of aromatic nitrogens is 3. The van der Waals surface area contributed by atoms with E-state index in [2.05, 4.69) is 43.4 Å². The molecule has 0 spiro atoms. The van der Waals surface area contributed by atoms with Gasteiger partial charge >= 0.3 is 0 Å². The molecule has 0 bridgehead atoms.